The van der Waals surface area contributed by atoms with E-state index in [0.29, 0.717) is 33.7 Å². The topological polar surface area (TPSA) is 97.0 Å². The molecule has 1 aliphatic rings. The van der Waals surface area contributed by atoms with Crippen LogP contribution >= 0.6 is 11.8 Å². The van der Waals surface area contributed by atoms with E-state index >= 15 is 0 Å². The third-order valence-electron chi connectivity index (χ3n) is 4.29. The zero-order valence-electron chi connectivity index (χ0n) is 16.4. The number of carbonyl (C=O) groups excluding carboxylic acids is 1. The number of anilines is 1. The predicted molar refractivity (Wildman–Crippen MR) is 109 cm³/mol. The highest BCUT2D eigenvalue weighted by atomic mass is 32.2. The van der Waals surface area contributed by atoms with Crippen molar-refractivity contribution in [3.8, 4) is 0 Å². The van der Waals surface area contributed by atoms with E-state index < -0.39 is 11.9 Å². The number of ether oxygens (including phenoxy) is 1. The number of nitrogens with zero attached hydrogens (tertiary/aromatic N) is 2. The lowest BCUT2D eigenvalue weighted by Crippen LogP contribution is -2.31. The highest BCUT2D eigenvalue weighted by Crippen LogP contribution is 2.39. The van der Waals surface area contributed by atoms with Gasteiger partial charge in [-0.1, -0.05) is 31.7 Å². The zero-order chi connectivity index (χ0) is 20.3. The highest BCUT2D eigenvalue weighted by molar-refractivity contribution is 7.99. The number of fused-ring (bicyclic) bond motifs is 1. The number of carbonyl (C=O) groups is 1. The van der Waals surface area contributed by atoms with Crippen LogP contribution in [0, 0.1) is 5.92 Å². The van der Waals surface area contributed by atoms with Gasteiger partial charge in [-0.3, -0.25) is 9.78 Å². The van der Waals surface area contributed by atoms with Crippen LogP contribution in [0.25, 0.3) is 0 Å². The number of aromatic amines is 1. The van der Waals surface area contributed by atoms with Crippen LogP contribution < -0.4 is 10.9 Å². The molecule has 2 aromatic rings. The fourth-order valence-electron chi connectivity index (χ4n) is 3.10. The van der Waals surface area contributed by atoms with Crippen molar-refractivity contribution in [2.24, 2.45) is 5.92 Å². The molecular weight excluding hydrogens is 376 g/mol. The van der Waals surface area contributed by atoms with Gasteiger partial charge in [-0.25, -0.2) is 9.78 Å². The second kappa shape index (κ2) is 8.60. The van der Waals surface area contributed by atoms with Gasteiger partial charge in [0.25, 0.3) is 5.56 Å². The van der Waals surface area contributed by atoms with Gasteiger partial charge in [0, 0.05) is 23.8 Å². The second-order valence-corrected chi connectivity index (χ2v) is 7.95. The maximum atomic E-state index is 13.0. The predicted octanol–water partition coefficient (Wildman–Crippen LogP) is 3.31. The summed E-state index contributed by atoms with van der Waals surface area (Å²) >= 11 is 1.50. The summed E-state index contributed by atoms with van der Waals surface area (Å²) in [5, 5.41) is 3.69. The zero-order valence-corrected chi connectivity index (χ0v) is 17.2. The molecule has 0 amide bonds. The Morgan fingerprint density at radius 3 is 2.82 bits per heavy atom. The molecule has 0 aromatic carbocycles. The summed E-state index contributed by atoms with van der Waals surface area (Å²) in [5.41, 5.74) is 1.89. The van der Waals surface area contributed by atoms with Crippen molar-refractivity contribution >= 4 is 23.5 Å². The summed E-state index contributed by atoms with van der Waals surface area (Å²) in [4.78, 5) is 37.3. The number of aromatic nitrogens is 3. The Bertz CT molecular complexity index is 954. The minimum atomic E-state index is -0.593. The summed E-state index contributed by atoms with van der Waals surface area (Å²) in [7, 11) is 0. The van der Waals surface area contributed by atoms with Crippen LogP contribution in [0.2, 0.25) is 0 Å². The summed E-state index contributed by atoms with van der Waals surface area (Å²) < 4.78 is 5.25. The van der Waals surface area contributed by atoms with Gasteiger partial charge < -0.3 is 15.0 Å². The van der Waals surface area contributed by atoms with Crippen LogP contribution in [0.3, 0.4) is 0 Å². The van der Waals surface area contributed by atoms with Crippen LogP contribution in [-0.2, 0) is 9.53 Å². The third kappa shape index (κ3) is 4.11. The van der Waals surface area contributed by atoms with Crippen molar-refractivity contribution in [3.05, 3.63) is 57.3 Å². The second-order valence-electron chi connectivity index (χ2n) is 6.94. The van der Waals surface area contributed by atoms with Crippen LogP contribution in [0.4, 0.5) is 5.82 Å². The number of rotatable bonds is 6. The Kier molecular flexibility index (Phi) is 6.18. The van der Waals surface area contributed by atoms with Gasteiger partial charge in [0.05, 0.1) is 23.7 Å². The molecule has 0 bridgehead atoms. The van der Waals surface area contributed by atoms with E-state index in [-0.39, 0.29) is 12.2 Å². The minimum absolute atomic E-state index is 0.252. The summed E-state index contributed by atoms with van der Waals surface area (Å²) in [6.45, 7) is 8.02. The molecule has 28 heavy (non-hydrogen) atoms. The van der Waals surface area contributed by atoms with Crippen LogP contribution in [0.5, 0.6) is 0 Å². The molecule has 0 saturated heterocycles. The first-order valence-corrected chi connectivity index (χ1v) is 10.2. The van der Waals surface area contributed by atoms with E-state index in [9.17, 15) is 9.59 Å². The van der Waals surface area contributed by atoms with E-state index in [1.54, 1.807) is 32.3 Å². The van der Waals surface area contributed by atoms with Crippen molar-refractivity contribution in [2.45, 2.75) is 38.8 Å². The van der Waals surface area contributed by atoms with E-state index in [1.165, 1.54) is 11.8 Å². The maximum Gasteiger partial charge on any atom is 0.336 e. The quantitative estimate of drug-likeness (QED) is 0.436. The van der Waals surface area contributed by atoms with Gasteiger partial charge in [-0.05, 0) is 31.4 Å². The molecule has 0 unspecified atom stereocenters. The Labute approximate surface area is 168 Å². The molecule has 0 spiro atoms. The van der Waals surface area contributed by atoms with E-state index in [4.69, 9.17) is 4.74 Å². The number of hydrogen-bond acceptors (Lipinski definition) is 7. The normalized spacial score (nSPS) is 16.0. The van der Waals surface area contributed by atoms with Gasteiger partial charge >= 0.3 is 5.97 Å². The number of allylic oxidation sites excluding steroid dienone is 1. The smallest absolute Gasteiger partial charge is 0.336 e. The molecule has 7 nitrogen and oxygen atoms in total. The number of pyridine rings is 1. The van der Waals surface area contributed by atoms with Crippen molar-refractivity contribution in [1.29, 1.82) is 0 Å². The molecule has 1 aliphatic heterocycles. The Balaban J connectivity index is 2.14. The van der Waals surface area contributed by atoms with Crippen LogP contribution in [0.1, 0.15) is 44.7 Å². The van der Waals surface area contributed by atoms with Gasteiger partial charge in [0.15, 0.2) is 5.16 Å². The van der Waals surface area contributed by atoms with E-state index in [2.05, 4.69) is 34.1 Å². The van der Waals surface area contributed by atoms with Crippen molar-refractivity contribution in [1.82, 2.24) is 15.0 Å². The molecular formula is C20H24N4O3S. The average molecular weight is 401 g/mol. The fourth-order valence-corrected chi connectivity index (χ4v) is 3.92. The molecule has 8 heteroatoms. The van der Waals surface area contributed by atoms with Crippen molar-refractivity contribution in [3.63, 3.8) is 0 Å². The summed E-state index contributed by atoms with van der Waals surface area (Å²) in [5.74, 6) is 0.736. The number of thioether (sulfide) groups is 1. The molecule has 2 N–H and O–H groups in total. The standard InChI is InChI=1S/C20H24N4O3S/c1-5-27-19(26)14-12(4)22-17-16(15(14)13-7-6-8-21-9-13)18(25)24-20(23-17)28-10-11(2)3/h6-9,11,15H,5,10H2,1-4H3,(H2,22,23,24,25)/t15-/m1/s1. The van der Waals surface area contributed by atoms with Crippen LogP contribution in [-0.4, -0.2) is 33.3 Å². The summed E-state index contributed by atoms with van der Waals surface area (Å²) in [6, 6.07) is 3.63. The van der Waals surface area contributed by atoms with Gasteiger partial charge in [0.1, 0.15) is 5.82 Å². The van der Waals surface area contributed by atoms with E-state index in [1.807, 2.05) is 6.07 Å². The molecule has 0 radical (unpaired) electrons. The average Bonchev–Trinajstić information content (AvgIpc) is 2.66. The Morgan fingerprint density at radius 2 is 2.18 bits per heavy atom. The monoisotopic (exact) mass is 400 g/mol. The van der Waals surface area contributed by atoms with Crippen LogP contribution in [0.15, 0.2) is 45.7 Å². The van der Waals surface area contributed by atoms with Gasteiger partial charge in [0.2, 0.25) is 0 Å². The molecule has 0 saturated carbocycles. The third-order valence-corrected chi connectivity index (χ3v) is 5.59. The number of hydrogen-bond donors (Lipinski definition) is 2. The first-order valence-electron chi connectivity index (χ1n) is 9.24. The first-order chi connectivity index (χ1) is 13.4. The highest BCUT2D eigenvalue weighted by Gasteiger charge is 2.36. The van der Waals surface area contributed by atoms with Gasteiger partial charge in [-0.15, -0.1) is 0 Å². The van der Waals surface area contributed by atoms with Gasteiger partial charge in [-0.2, -0.15) is 0 Å². The van der Waals surface area contributed by atoms with E-state index in [0.717, 1.165) is 11.3 Å². The number of esters is 1. The largest absolute Gasteiger partial charge is 0.463 e. The summed E-state index contributed by atoms with van der Waals surface area (Å²) in [6.07, 6.45) is 3.31. The molecule has 3 heterocycles. The maximum absolute atomic E-state index is 13.0. The molecule has 2 aromatic heterocycles. The first kappa shape index (κ1) is 20.1. The number of H-pyrrole nitrogens is 1. The van der Waals surface area contributed by atoms with Crippen molar-refractivity contribution < 1.29 is 9.53 Å². The SMILES string of the molecule is CCOC(=O)C1=C(C)Nc2nc(SCC(C)C)[nH]c(=O)c2[C@@H]1c1cccnc1. The lowest BCUT2D eigenvalue weighted by molar-refractivity contribution is -0.138. The minimum Gasteiger partial charge on any atom is -0.463 e. The Hall–Kier alpha value is -2.61. The lowest BCUT2D eigenvalue weighted by atomic mass is 9.83. The molecule has 0 aliphatic carbocycles. The molecule has 0 fully saturated rings. The fraction of sp³-hybridized carbons (Fsp3) is 0.400. The number of nitrogens with one attached hydrogen (secondary N) is 2. The lowest BCUT2D eigenvalue weighted by Gasteiger charge is -2.28. The van der Waals surface area contributed by atoms with Crippen molar-refractivity contribution in [2.75, 3.05) is 17.7 Å². The molecule has 1 atom stereocenters. The Morgan fingerprint density at radius 1 is 1.39 bits per heavy atom. The molecule has 148 valence electrons. The molecule has 3 rings (SSSR count).